The Morgan fingerprint density at radius 2 is 2.03 bits per heavy atom. The van der Waals surface area contributed by atoms with E-state index < -0.39 is 41.1 Å². The molecule has 3 aliphatic rings. The minimum Gasteiger partial charge on any atom is -0.465 e. The Morgan fingerprint density at radius 1 is 1.29 bits per heavy atom. The number of allylic oxidation sites excluding steroid dienone is 1. The first-order chi connectivity index (χ1) is 16.8. The van der Waals surface area contributed by atoms with E-state index in [0.29, 0.717) is 38.8 Å². The molecule has 0 aliphatic carbocycles. The van der Waals surface area contributed by atoms with Crippen LogP contribution in [0.25, 0.3) is 0 Å². The highest BCUT2D eigenvalue weighted by molar-refractivity contribution is 5.98. The zero-order valence-corrected chi connectivity index (χ0v) is 21.5. The average molecular weight is 491 g/mol. The van der Waals surface area contributed by atoms with Crippen LogP contribution < -0.4 is 0 Å². The van der Waals surface area contributed by atoms with Gasteiger partial charge in [0.2, 0.25) is 11.8 Å². The van der Waals surface area contributed by atoms with Crippen LogP contribution in [-0.2, 0) is 23.9 Å². The molecule has 8 nitrogen and oxygen atoms in total. The summed E-state index contributed by atoms with van der Waals surface area (Å²) in [4.78, 5) is 44.6. The Labute approximate surface area is 209 Å². The summed E-state index contributed by atoms with van der Waals surface area (Å²) in [7, 11) is 0. The number of likely N-dealkylation sites (tertiary alicyclic amines) is 1. The van der Waals surface area contributed by atoms with E-state index in [1.807, 2.05) is 6.92 Å². The first kappa shape index (κ1) is 27.4. The summed E-state index contributed by atoms with van der Waals surface area (Å²) in [5.74, 6) is -2.52. The number of rotatable bonds is 14. The third kappa shape index (κ3) is 4.55. The maximum atomic E-state index is 14.1. The lowest BCUT2D eigenvalue weighted by atomic mass is 9.65. The normalized spacial score (nSPS) is 31.8. The van der Waals surface area contributed by atoms with Gasteiger partial charge in [-0.1, -0.05) is 32.4 Å². The Bertz CT molecular complexity index is 830. The summed E-state index contributed by atoms with van der Waals surface area (Å²) in [5.41, 5.74) is -1.93. The molecule has 6 atom stereocenters. The standard InChI is InChI=1S/C27H42N2O6/c1-6-10-12-17-34-25(33)21-20-23(31)29(19(5)18-30)22(24(32)28(15-8-3)16-11-7-2)27(20)14-13-26(21,9-4)35-27/h6,8,19-22,30H,1,3,7,9-18H2,2,4-5H3/t19-,20+,21+,22?,26-,27?/m1/s1. The molecule has 0 aromatic heterocycles. The van der Waals surface area contributed by atoms with Crippen LogP contribution in [-0.4, -0.2) is 82.3 Å². The van der Waals surface area contributed by atoms with Gasteiger partial charge >= 0.3 is 5.97 Å². The van der Waals surface area contributed by atoms with Crippen LogP contribution in [0.4, 0.5) is 0 Å². The molecule has 3 fully saturated rings. The van der Waals surface area contributed by atoms with Crippen LogP contribution >= 0.6 is 0 Å². The zero-order valence-electron chi connectivity index (χ0n) is 21.5. The molecule has 0 aromatic rings. The van der Waals surface area contributed by atoms with Crippen LogP contribution in [0.5, 0.6) is 0 Å². The highest BCUT2D eigenvalue weighted by Crippen LogP contribution is 2.64. The molecular formula is C27H42N2O6. The van der Waals surface area contributed by atoms with Gasteiger partial charge in [0.15, 0.2) is 0 Å². The number of aliphatic hydroxyl groups is 1. The molecule has 8 heteroatoms. The second kappa shape index (κ2) is 11.2. The summed E-state index contributed by atoms with van der Waals surface area (Å²) in [5, 5.41) is 9.99. The molecule has 1 N–H and O–H groups in total. The summed E-state index contributed by atoms with van der Waals surface area (Å²) in [6, 6.07) is -1.48. The summed E-state index contributed by atoms with van der Waals surface area (Å²) in [6.07, 6.45) is 8.24. The second-order valence-electron chi connectivity index (χ2n) is 10.1. The number of nitrogens with zero attached hydrogens (tertiary/aromatic N) is 2. The van der Waals surface area contributed by atoms with Gasteiger partial charge in [0.1, 0.15) is 17.6 Å². The Morgan fingerprint density at radius 3 is 2.63 bits per heavy atom. The minimum absolute atomic E-state index is 0.207. The van der Waals surface area contributed by atoms with E-state index in [9.17, 15) is 19.5 Å². The van der Waals surface area contributed by atoms with Gasteiger partial charge in [0.25, 0.3) is 0 Å². The SMILES string of the molecule is C=CCCCOC(=O)[C@@H]1[C@H]2C(=O)N([C@H](C)CO)C(C(=O)N(CC=C)CCCC)C23CC[C@@]1(CC)O3. The van der Waals surface area contributed by atoms with Crippen molar-refractivity contribution in [3.8, 4) is 0 Å². The number of carbonyl (C=O) groups is 3. The largest absolute Gasteiger partial charge is 0.465 e. The predicted molar refractivity (Wildman–Crippen MR) is 132 cm³/mol. The Balaban J connectivity index is 2.02. The number of carbonyl (C=O) groups excluding carboxylic acids is 3. The monoisotopic (exact) mass is 490 g/mol. The first-order valence-electron chi connectivity index (χ1n) is 13.1. The average Bonchev–Trinajstić information content (AvgIpc) is 3.47. The molecular weight excluding hydrogens is 448 g/mol. The molecule has 35 heavy (non-hydrogen) atoms. The highest BCUT2D eigenvalue weighted by Gasteiger charge is 2.79. The fraction of sp³-hybridized carbons (Fsp3) is 0.741. The van der Waals surface area contributed by atoms with Crippen molar-refractivity contribution < 1.29 is 29.0 Å². The van der Waals surface area contributed by atoms with Gasteiger partial charge in [-0.25, -0.2) is 0 Å². The van der Waals surface area contributed by atoms with Crippen molar-refractivity contribution in [3.05, 3.63) is 25.3 Å². The molecule has 3 saturated heterocycles. The predicted octanol–water partition coefficient (Wildman–Crippen LogP) is 2.85. The summed E-state index contributed by atoms with van der Waals surface area (Å²) < 4.78 is 12.3. The van der Waals surface area contributed by atoms with Crippen molar-refractivity contribution in [1.82, 2.24) is 9.80 Å². The molecule has 0 radical (unpaired) electrons. The number of fused-ring (bicyclic) bond motifs is 1. The summed E-state index contributed by atoms with van der Waals surface area (Å²) >= 11 is 0. The maximum absolute atomic E-state index is 14.1. The molecule has 0 aromatic carbocycles. The van der Waals surface area contributed by atoms with Gasteiger partial charge in [-0.05, 0) is 45.4 Å². The van der Waals surface area contributed by atoms with Gasteiger partial charge in [0, 0.05) is 13.1 Å². The van der Waals surface area contributed by atoms with E-state index in [1.165, 1.54) is 4.90 Å². The van der Waals surface area contributed by atoms with Crippen LogP contribution in [0.3, 0.4) is 0 Å². The molecule has 196 valence electrons. The quantitative estimate of drug-likeness (QED) is 0.229. The first-order valence-corrected chi connectivity index (χ1v) is 13.1. The number of ether oxygens (including phenoxy) is 2. The van der Waals surface area contributed by atoms with E-state index in [4.69, 9.17) is 9.47 Å². The topological polar surface area (TPSA) is 96.4 Å². The van der Waals surface area contributed by atoms with Crippen LogP contribution in [0, 0.1) is 11.8 Å². The van der Waals surface area contributed by atoms with Crippen molar-refractivity contribution in [3.63, 3.8) is 0 Å². The lowest BCUT2D eigenvalue weighted by Gasteiger charge is -2.38. The molecule has 1 spiro atoms. The maximum Gasteiger partial charge on any atom is 0.312 e. The van der Waals surface area contributed by atoms with Gasteiger partial charge < -0.3 is 24.4 Å². The second-order valence-corrected chi connectivity index (χ2v) is 10.1. The molecule has 2 bridgehead atoms. The lowest BCUT2D eigenvalue weighted by Crippen LogP contribution is -2.58. The zero-order chi connectivity index (χ0) is 25.8. The van der Waals surface area contributed by atoms with Gasteiger partial charge in [-0.15, -0.1) is 13.2 Å². The number of aliphatic hydroxyl groups excluding tert-OH is 1. The van der Waals surface area contributed by atoms with Crippen LogP contribution in [0.1, 0.15) is 65.7 Å². The smallest absolute Gasteiger partial charge is 0.312 e. The van der Waals surface area contributed by atoms with Crippen LogP contribution in [0.2, 0.25) is 0 Å². The molecule has 3 rings (SSSR count). The molecule has 3 heterocycles. The third-order valence-corrected chi connectivity index (χ3v) is 8.09. The number of hydrogen-bond donors (Lipinski definition) is 1. The minimum atomic E-state index is -1.11. The molecule has 2 unspecified atom stereocenters. The molecule has 2 amide bonds. The number of esters is 1. The van der Waals surface area contributed by atoms with E-state index in [1.54, 1.807) is 24.0 Å². The number of unbranched alkanes of at least 4 members (excludes halogenated alkanes) is 2. The Hall–Kier alpha value is -2.19. The van der Waals surface area contributed by atoms with Crippen molar-refractivity contribution in [1.29, 1.82) is 0 Å². The van der Waals surface area contributed by atoms with E-state index in [-0.39, 0.29) is 25.0 Å². The fourth-order valence-corrected chi connectivity index (χ4v) is 6.32. The lowest BCUT2D eigenvalue weighted by molar-refractivity contribution is -0.163. The van der Waals surface area contributed by atoms with E-state index >= 15 is 0 Å². The molecule has 3 aliphatic heterocycles. The van der Waals surface area contributed by atoms with E-state index in [0.717, 1.165) is 19.3 Å². The van der Waals surface area contributed by atoms with Gasteiger partial charge in [-0.2, -0.15) is 0 Å². The Kier molecular flexibility index (Phi) is 8.81. The fourth-order valence-electron chi connectivity index (χ4n) is 6.32. The van der Waals surface area contributed by atoms with Crippen molar-refractivity contribution >= 4 is 17.8 Å². The molecule has 0 saturated carbocycles. The van der Waals surface area contributed by atoms with Crippen molar-refractivity contribution in [2.24, 2.45) is 11.8 Å². The van der Waals surface area contributed by atoms with Gasteiger partial charge in [-0.3, -0.25) is 14.4 Å². The third-order valence-electron chi connectivity index (χ3n) is 8.09. The number of amides is 2. The summed E-state index contributed by atoms with van der Waals surface area (Å²) in [6.45, 7) is 14.1. The van der Waals surface area contributed by atoms with E-state index in [2.05, 4.69) is 20.1 Å². The highest BCUT2D eigenvalue weighted by atomic mass is 16.6. The number of hydrogen-bond acceptors (Lipinski definition) is 6. The van der Waals surface area contributed by atoms with Crippen LogP contribution in [0.15, 0.2) is 25.3 Å². The van der Waals surface area contributed by atoms with Crippen molar-refractivity contribution in [2.75, 3.05) is 26.3 Å². The van der Waals surface area contributed by atoms with Crippen molar-refractivity contribution in [2.45, 2.75) is 89.0 Å². The van der Waals surface area contributed by atoms with Gasteiger partial charge in [0.05, 0.1) is 30.8 Å².